The van der Waals surface area contributed by atoms with Crippen molar-refractivity contribution < 1.29 is 19.4 Å². The van der Waals surface area contributed by atoms with E-state index >= 15 is 0 Å². The minimum absolute atomic E-state index is 0.507. The van der Waals surface area contributed by atoms with E-state index in [1.165, 1.54) is 0 Å². The lowest BCUT2D eigenvalue weighted by Crippen LogP contribution is -2.44. The number of ether oxygens (including phenoxy) is 1. The summed E-state index contributed by atoms with van der Waals surface area (Å²) < 4.78 is 5.16. The van der Waals surface area contributed by atoms with Crippen LogP contribution in [0, 0.1) is 5.92 Å². The Morgan fingerprint density at radius 2 is 2.00 bits per heavy atom. The summed E-state index contributed by atoms with van der Waals surface area (Å²) in [5.74, 6) is -1.48. The molecule has 5 heteroatoms. The SMILES string of the molecule is CC(C)(C)OC(=O)N[C@@H]1/C=C\CCCC[C@@H]1C(=O)O. The Bertz CT molecular complexity index is 357. The number of allylic oxidation sites excluding steroid dienone is 1. The van der Waals surface area contributed by atoms with Crippen LogP contribution in [0.2, 0.25) is 0 Å². The van der Waals surface area contributed by atoms with Gasteiger partial charge < -0.3 is 15.2 Å². The molecule has 108 valence electrons. The van der Waals surface area contributed by atoms with Crippen molar-refractivity contribution >= 4 is 12.1 Å². The van der Waals surface area contributed by atoms with E-state index in [9.17, 15) is 14.7 Å². The fourth-order valence-electron chi connectivity index (χ4n) is 2.05. The van der Waals surface area contributed by atoms with Gasteiger partial charge in [-0.15, -0.1) is 0 Å². The summed E-state index contributed by atoms with van der Waals surface area (Å²) in [7, 11) is 0. The lowest BCUT2D eigenvalue weighted by Gasteiger charge is -2.26. The van der Waals surface area contributed by atoms with Crippen molar-refractivity contribution in [3.8, 4) is 0 Å². The number of carbonyl (C=O) groups is 2. The number of amides is 1. The van der Waals surface area contributed by atoms with Gasteiger partial charge in [0.15, 0.2) is 0 Å². The predicted molar refractivity (Wildman–Crippen MR) is 71.9 cm³/mol. The maximum atomic E-state index is 11.7. The first-order valence-electron chi connectivity index (χ1n) is 6.68. The van der Waals surface area contributed by atoms with E-state index in [1.807, 2.05) is 6.08 Å². The molecule has 0 spiro atoms. The van der Waals surface area contributed by atoms with Gasteiger partial charge in [0, 0.05) is 0 Å². The smallest absolute Gasteiger partial charge is 0.408 e. The van der Waals surface area contributed by atoms with Crippen LogP contribution < -0.4 is 5.32 Å². The quantitative estimate of drug-likeness (QED) is 0.756. The van der Waals surface area contributed by atoms with Crippen LogP contribution in [-0.2, 0) is 9.53 Å². The van der Waals surface area contributed by atoms with Crippen LogP contribution in [0.25, 0.3) is 0 Å². The second kappa shape index (κ2) is 6.59. The van der Waals surface area contributed by atoms with Gasteiger partial charge in [-0.3, -0.25) is 4.79 Å². The molecule has 0 aromatic rings. The van der Waals surface area contributed by atoms with Gasteiger partial charge in [-0.05, 0) is 40.0 Å². The maximum Gasteiger partial charge on any atom is 0.408 e. The van der Waals surface area contributed by atoms with Crippen molar-refractivity contribution in [2.45, 2.75) is 58.1 Å². The predicted octanol–water partition coefficient (Wildman–Crippen LogP) is 2.71. The molecule has 0 saturated heterocycles. The van der Waals surface area contributed by atoms with E-state index in [1.54, 1.807) is 26.8 Å². The zero-order valence-electron chi connectivity index (χ0n) is 11.8. The van der Waals surface area contributed by atoms with Crippen LogP contribution >= 0.6 is 0 Å². The fraction of sp³-hybridized carbons (Fsp3) is 0.714. The zero-order valence-corrected chi connectivity index (χ0v) is 11.8. The summed E-state index contributed by atoms with van der Waals surface area (Å²) in [5.41, 5.74) is -0.589. The monoisotopic (exact) mass is 269 g/mol. The number of alkyl carbamates (subject to hydrolysis) is 1. The van der Waals surface area contributed by atoms with Crippen LogP contribution in [0.3, 0.4) is 0 Å². The molecule has 2 atom stereocenters. The number of hydrogen-bond acceptors (Lipinski definition) is 3. The lowest BCUT2D eigenvalue weighted by atomic mass is 9.90. The summed E-state index contributed by atoms with van der Waals surface area (Å²) >= 11 is 0. The molecule has 1 amide bonds. The number of nitrogens with one attached hydrogen (secondary N) is 1. The van der Waals surface area contributed by atoms with Crippen molar-refractivity contribution in [3.05, 3.63) is 12.2 Å². The molecular formula is C14H23NO4. The maximum absolute atomic E-state index is 11.7. The molecule has 0 heterocycles. The second-order valence-electron chi connectivity index (χ2n) is 5.83. The molecule has 0 radical (unpaired) electrons. The first kappa shape index (κ1) is 15.5. The number of carboxylic acids is 1. The third kappa shape index (κ3) is 5.77. The molecule has 0 unspecified atom stereocenters. The van der Waals surface area contributed by atoms with E-state index in [0.717, 1.165) is 19.3 Å². The van der Waals surface area contributed by atoms with Gasteiger partial charge in [-0.2, -0.15) is 0 Å². The average Bonchev–Trinajstić information content (AvgIpc) is 2.18. The van der Waals surface area contributed by atoms with E-state index < -0.39 is 29.6 Å². The Morgan fingerprint density at radius 1 is 1.32 bits per heavy atom. The normalized spacial score (nSPS) is 25.8. The Labute approximate surface area is 114 Å². The van der Waals surface area contributed by atoms with Crippen LogP contribution in [0.1, 0.15) is 46.5 Å². The Balaban J connectivity index is 2.71. The Hall–Kier alpha value is -1.52. The van der Waals surface area contributed by atoms with Crippen molar-refractivity contribution in [1.29, 1.82) is 0 Å². The highest BCUT2D eigenvalue weighted by Crippen LogP contribution is 2.19. The first-order valence-corrected chi connectivity index (χ1v) is 6.68. The number of carboxylic acid groups (broad SMARTS) is 1. The van der Waals surface area contributed by atoms with E-state index in [-0.39, 0.29) is 0 Å². The highest BCUT2D eigenvalue weighted by atomic mass is 16.6. The molecule has 2 N–H and O–H groups in total. The summed E-state index contributed by atoms with van der Waals surface area (Å²) in [6.45, 7) is 5.32. The molecule has 1 rings (SSSR count). The topological polar surface area (TPSA) is 75.6 Å². The molecule has 5 nitrogen and oxygen atoms in total. The minimum atomic E-state index is -0.882. The van der Waals surface area contributed by atoms with Crippen LogP contribution in [0.15, 0.2) is 12.2 Å². The van der Waals surface area contributed by atoms with Crippen LogP contribution in [0.4, 0.5) is 4.79 Å². The molecule has 0 bridgehead atoms. The third-order valence-corrected chi connectivity index (χ3v) is 2.91. The summed E-state index contributed by atoms with van der Waals surface area (Å²) in [6.07, 6.45) is 6.44. The van der Waals surface area contributed by atoms with Gasteiger partial charge in [-0.1, -0.05) is 18.6 Å². The molecular weight excluding hydrogens is 246 g/mol. The minimum Gasteiger partial charge on any atom is -0.481 e. The average molecular weight is 269 g/mol. The third-order valence-electron chi connectivity index (χ3n) is 2.91. The Kier molecular flexibility index (Phi) is 5.39. The molecule has 0 aromatic carbocycles. The van der Waals surface area contributed by atoms with Crippen molar-refractivity contribution in [2.75, 3.05) is 0 Å². The summed E-state index contributed by atoms with van der Waals surface area (Å²) in [6, 6.07) is -0.507. The zero-order chi connectivity index (χ0) is 14.5. The van der Waals surface area contributed by atoms with Gasteiger partial charge in [0.25, 0.3) is 0 Å². The highest BCUT2D eigenvalue weighted by Gasteiger charge is 2.29. The summed E-state index contributed by atoms with van der Waals surface area (Å²) in [4.78, 5) is 23.0. The number of aliphatic carboxylic acids is 1. The molecule has 0 saturated carbocycles. The lowest BCUT2D eigenvalue weighted by molar-refractivity contribution is -0.142. The standard InChI is InChI=1S/C14H23NO4/c1-14(2,3)19-13(18)15-11-9-7-5-4-6-8-10(11)12(16)17/h7,9-11H,4-6,8H2,1-3H3,(H,15,18)(H,16,17)/b9-7-/t10-,11+/m0/s1. The van der Waals surface area contributed by atoms with E-state index in [2.05, 4.69) is 5.32 Å². The number of hydrogen-bond donors (Lipinski definition) is 2. The van der Waals surface area contributed by atoms with Crippen molar-refractivity contribution in [1.82, 2.24) is 5.32 Å². The Morgan fingerprint density at radius 3 is 2.58 bits per heavy atom. The fourth-order valence-corrected chi connectivity index (χ4v) is 2.05. The molecule has 1 aliphatic carbocycles. The van der Waals surface area contributed by atoms with Crippen molar-refractivity contribution in [2.24, 2.45) is 5.92 Å². The highest BCUT2D eigenvalue weighted by molar-refractivity contribution is 5.74. The number of carbonyl (C=O) groups excluding carboxylic acids is 1. The van der Waals surface area contributed by atoms with Gasteiger partial charge >= 0.3 is 12.1 Å². The van der Waals surface area contributed by atoms with E-state index in [0.29, 0.717) is 6.42 Å². The molecule has 0 aromatic heterocycles. The molecule has 0 aliphatic heterocycles. The largest absolute Gasteiger partial charge is 0.481 e. The van der Waals surface area contributed by atoms with Crippen LogP contribution in [0.5, 0.6) is 0 Å². The molecule has 19 heavy (non-hydrogen) atoms. The van der Waals surface area contributed by atoms with E-state index in [4.69, 9.17) is 4.74 Å². The second-order valence-corrected chi connectivity index (χ2v) is 5.83. The van der Waals surface area contributed by atoms with Crippen LogP contribution in [-0.4, -0.2) is 28.8 Å². The van der Waals surface area contributed by atoms with Gasteiger partial charge in [-0.25, -0.2) is 4.79 Å². The summed E-state index contributed by atoms with van der Waals surface area (Å²) in [5, 5.41) is 11.9. The number of rotatable bonds is 2. The van der Waals surface area contributed by atoms with Gasteiger partial charge in [0.2, 0.25) is 0 Å². The van der Waals surface area contributed by atoms with Gasteiger partial charge in [0.05, 0.1) is 12.0 Å². The van der Waals surface area contributed by atoms with Crippen molar-refractivity contribution in [3.63, 3.8) is 0 Å². The first-order chi connectivity index (χ1) is 8.79. The molecule has 0 fully saturated rings. The van der Waals surface area contributed by atoms with Gasteiger partial charge in [0.1, 0.15) is 5.60 Å². The molecule has 1 aliphatic rings.